The molecule has 174 valence electrons. The standard InChI is InChI=1S/C25H22BrN3O5/c1-13-18(14(2)28-20(13)25(33)34-3)22(30)19-21(16-6-8-17(26)9-7-16)29(24(32)23(19)31)12-15-5-4-10-27-11-15/h4-11,21,28,30H,12H2,1-3H3/t21-/m1/s1. The van der Waals surface area contributed by atoms with Gasteiger partial charge in [0, 0.05) is 34.7 Å². The molecule has 1 aliphatic rings. The monoisotopic (exact) mass is 523 g/mol. The summed E-state index contributed by atoms with van der Waals surface area (Å²) in [7, 11) is 1.26. The van der Waals surface area contributed by atoms with Crippen molar-refractivity contribution in [2.75, 3.05) is 7.11 Å². The van der Waals surface area contributed by atoms with E-state index in [1.165, 1.54) is 12.0 Å². The maximum absolute atomic E-state index is 13.3. The van der Waals surface area contributed by atoms with Crippen LogP contribution in [0.15, 0.2) is 58.8 Å². The Hall–Kier alpha value is -3.72. The van der Waals surface area contributed by atoms with Gasteiger partial charge in [-0.15, -0.1) is 0 Å². The summed E-state index contributed by atoms with van der Waals surface area (Å²) in [6.07, 6.45) is 3.25. The molecule has 1 fully saturated rings. The molecule has 0 bridgehead atoms. The molecule has 8 nitrogen and oxygen atoms in total. The molecular weight excluding hydrogens is 502 g/mol. The lowest BCUT2D eigenvalue weighted by molar-refractivity contribution is -0.140. The van der Waals surface area contributed by atoms with E-state index in [0.717, 1.165) is 10.0 Å². The van der Waals surface area contributed by atoms with Gasteiger partial charge in [0.1, 0.15) is 11.5 Å². The number of carbonyl (C=O) groups is 3. The maximum atomic E-state index is 13.3. The number of H-pyrrole nitrogens is 1. The van der Waals surface area contributed by atoms with E-state index in [0.29, 0.717) is 22.4 Å². The van der Waals surface area contributed by atoms with Crippen molar-refractivity contribution in [2.24, 2.45) is 0 Å². The lowest BCUT2D eigenvalue weighted by atomic mass is 9.94. The van der Waals surface area contributed by atoms with Crippen LogP contribution < -0.4 is 0 Å². The van der Waals surface area contributed by atoms with E-state index >= 15 is 0 Å². The van der Waals surface area contributed by atoms with Gasteiger partial charge in [-0.05, 0) is 48.7 Å². The molecule has 0 aliphatic carbocycles. The molecule has 34 heavy (non-hydrogen) atoms. The number of hydrogen-bond donors (Lipinski definition) is 2. The number of carbonyl (C=O) groups excluding carboxylic acids is 3. The first-order chi connectivity index (χ1) is 16.2. The van der Waals surface area contributed by atoms with Crippen LogP contribution in [-0.4, -0.2) is 44.7 Å². The van der Waals surface area contributed by atoms with Crippen molar-refractivity contribution >= 4 is 39.3 Å². The van der Waals surface area contributed by atoms with Gasteiger partial charge in [0.15, 0.2) is 0 Å². The second-order valence-corrected chi connectivity index (χ2v) is 8.87. The van der Waals surface area contributed by atoms with Crippen LogP contribution in [0, 0.1) is 13.8 Å². The Bertz CT molecular complexity index is 1310. The number of likely N-dealkylation sites (tertiary alicyclic amines) is 1. The fourth-order valence-corrected chi connectivity index (χ4v) is 4.53. The number of aryl methyl sites for hydroxylation is 1. The molecule has 0 unspecified atom stereocenters. The Kier molecular flexibility index (Phi) is 6.39. The fraction of sp³-hybridized carbons (Fsp3) is 0.200. The summed E-state index contributed by atoms with van der Waals surface area (Å²) in [5.74, 6) is -2.46. The van der Waals surface area contributed by atoms with Crippen LogP contribution in [0.1, 0.15) is 44.5 Å². The number of benzene rings is 1. The van der Waals surface area contributed by atoms with Crippen LogP contribution in [-0.2, 0) is 20.9 Å². The Labute approximate surface area is 204 Å². The maximum Gasteiger partial charge on any atom is 0.354 e. The number of nitrogens with zero attached hydrogens (tertiary/aromatic N) is 2. The number of Topliss-reactive ketones (excluding diaryl/α,β-unsaturated/α-hetero) is 1. The number of pyridine rings is 1. The number of esters is 1. The largest absolute Gasteiger partial charge is 0.507 e. The second kappa shape index (κ2) is 9.26. The van der Waals surface area contributed by atoms with Crippen molar-refractivity contribution in [3.05, 3.63) is 92.5 Å². The van der Waals surface area contributed by atoms with Crippen molar-refractivity contribution in [1.82, 2.24) is 14.9 Å². The van der Waals surface area contributed by atoms with Crippen molar-refractivity contribution in [3.63, 3.8) is 0 Å². The summed E-state index contributed by atoms with van der Waals surface area (Å²) in [4.78, 5) is 47.0. The van der Waals surface area contributed by atoms with E-state index in [2.05, 4.69) is 25.9 Å². The van der Waals surface area contributed by atoms with Gasteiger partial charge in [0.2, 0.25) is 0 Å². The average Bonchev–Trinajstić information content (AvgIpc) is 3.27. The molecule has 2 N–H and O–H groups in total. The number of aliphatic hydroxyl groups is 1. The number of hydrogen-bond acceptors (Lipinski definition) is 6. The van der Waals surface area contributed by atoms with Crippen LogP contribution >= 0.6 is 15.9 Å². The van der Waals surface area contributed by atoms with Crippen LogP contribution in [0.25, 0.3) is 5.76 Å². The molecule has 3 heterocycles. The summed E-state index contributed by atoms with van der Waals surface area (Å²) in [6, 6.07) is 9.93. The summed E-state index contributed by atoms with van der Waals surface area (Å²) in [5.41, 5.74) is 2.73. The van der Waals surface area contributed by atoms with E-state index < -0.39 is 23.7 Å². The smallest absolute Gasteiger partial charge is 0.354 e. The highest BCUT2D eigenvalue weighted by Crippen LogP contribution is 2.41. The van der Waals surface area contributed by atoms with E-state index in [4.69, 9.17) is 4.74 Å². The van der Waals surface area contributed by atoms with Gasteiger partial charge in [0.05, 0.1) is 18.7 Å². The lowest BCUT2D eigenvalue weighted by Gasteiger charge is -2.25. The first-order valence-corrected chi connectivity index (χ1v) is 11.2. The van der Waals surface area contributed by atoms with Crippen molar-refractivity contribution in [1.29, 1.82) is 0 Å². The van der Waals surface area contributed by atoms with Gasteiger partial charge in [-0.3, -0.25) is 14.6 Å². The van der Waals surface area contributed by atoms with Crippen LogP contribution in [0.5, 0.6) is 0 Å². The number of halogens is 1. The van der Waals surface area contributed by atoms with Gasteiger partial charge in [0.25, 0.3) is 11.7 Å². The molecule has 1 aliphatic heterocycles. The molecule has 0 radical (unpaired) electrons. The molecule has 4 rings (SSSR count). The molecule has 0 spiro atoms. The fourth-order valence-electron chi connectivity index (χ4n) is 4.27. The number of rotatable bonds is 5. The molecule has 3 aromatic rings. The van der Waals surface area contributed by atoms with Crippen LogP contribution in [0.3, 0.4) is 0 Å². The number of aromatic nitrogens is 2. The SMILES string of the molecule is COC(=O)c1[nH]c(C)c(C(O)=C2C(=O)C(=O)N(Cc3cccnc3)[C@@H]2c2ccc(Br)cc2)c1C. The minimum atomic E-state index is -0.830. The van der Waals surface area contributed by atoms with Crippen LogP contribution in [0.4, 0.5) is 0 Å². The number of amides is 1. The number of nitrogens with one attached hydrogen (secondary N) is 1. The molecule has 1 atom stereocenters. The number of ketones is 1. The molecule has 9 heteroatoms. The van der Waals surface area contributed by atoms with Gasteiger partial charge < -0.3 is 19.7 Å². The predicted molar refractivity (Wildman–Crippen MR) is 128 cm³/mol. The zero-order valence-electron chi connectivity index (χ0n) is 18.8. The highest BCUT2D eigenvalue weighted by atomic mass is 79.9. The number of aliphatic hydroxyl groups excluding tert-OH is 1. The minimum absolute atomic E-state index is 0.0437. The van der Waals surface area contributed by atoms with Crippen molar-refractivity contribution in [3.8, 4) is 0 Å². The molecule has 1 saturated heterocycles. The molecule has 1 amide bonds. The number of methoxy groups -OCH3 is 1. The lowest BCUT2D eigenvalue weighted by Crippen LogP contribution is -2.29. The van der Waals surface area contributed by atoms with E-state index in [9.17, 15) is 19.5 Å². The predicted octanol–water partition coefficient (Wildman–Crippen LogP) is 4.20. The normalized spacial score (nSPS) is 17.3. The summed E-state index contributed by atoms with van der Waals surface area (Å²) in [5, 5.41) is 11.4. The summed E-state index contributed by atoms with van der Waals surface area (Å²) in [6.45, 7) is 3.45. The van der Waals surface area contributed by atoms with Crippen LogP contribution in [0.2, 0.25) is 0 Å². The first kappa shape index (κ1) is 23.4. The summed E-state index contributed by atoms with van der Waals surface area (Å²) >= 11 is 3.40. The zero-order valence-corrected chi connectivity index (χ0v) is 20.3. The molecule has 2 aromatic heterocycles. The third-order valence-corrected chi connectivity index (χ3v) is 6.39. The Morgan fingerprint density at radius 2 is 1.91 bits per heavy atom. The van der Waals surface area contributed by atoms with E-state index in [1.54, 1.807) is 44.4 Å². The zero-order chi connectivity index (χ0) is 24.6. The Morgan fingerprint density at radius 1 is 1.21 bits per heavy atom. The number of aromatic amines is 1. The van der Waals surface area contributed by atoms with Gasteiger partial charge in [-0.1, -0.05) is 34.1 Å². The van der Waals surface area contributed by atoms with Gasteiger partial charge in [-0.2, -0.15) is 0 Å². The van der Waals surface area contributed by atoms with E-state index in [-0.39, 0.29) is 23.6 Å². The highest BCUT2D eigenvalue weighted by Gasteiger charge is 2.46. The molecule has 1 aromatic carbocycles. The third kappa shape index (κ3) is 4.03. The quantitative estimate of drug-likeness (QED) is 0.224. The first-order valence-electron chi connectivity index (χ1n) is 10.4. The topological polar surface area (TPSA) is 113 Å². The third-order valence-electron chi connectivity index (χ3n) is 5.87. The van der Waals surface area contributed by atoms with E-state index in [1.807, 2.05) is 18.2 Å². The van der Waals surface area contributed by atoms with Gasteiger partial charge in [-0.25, -0.2) is 4.79 Å². The average molecular weight is 524 g/mol. The van der Waals surface area contributed by atoms with Crippen molar-refractivity contribution in [2.45, 2.75) is 26.4 Å². The van der Waals surface area contributed by atoms with Gasteiger partial charge >= 0.3 is 5.97 Å². The highest BCUT2D eigenvalue weighted by molar-refractivity contribution is 9.10. The van der Waals surface area contributed by atoms with Crippen molar-refractivity contribution < 1.29 is 24.2 Å². The number of ether oxygens (including phenoxy) is 1. The molecule has 0 saturated carbocycles. The Balaban J connectivity index is 1.91. The summed E-state index contributed by atoms with van der Waals surface area (Å²) < 4.78 is 5.64. The molecular formula is C25H22BrN3O5. The Morgan fingerprint density at radius 3 is 2.53 bits per heavy atom. The minimum Gasteiger partial charge on any atom is -0.507 e. The second-order valence-electron chi connectivity index (χ2n) is 7.96.